The third kappa shape index (κ3) is 10.1. The lowest BCUT2D eigenvalue weighted by Crippen LogP contribution is -2.54. The summed E-state index contributed by atoms with van der Waals surface area (Å²) in [5, 5.41) is 15.2. The molecule has 2 amide bonds. The molecule has 2 unspecified atom stereocenters. The van der Waals surface area contributed by atoms with Crippen LogP contribution in [-0.2, 0) is 41.8 Å². The number of hydrogen-bond acceptors (Lipinski definition) is 9. The summed E-state index contributed by atoms with van der Waals surface area (Å²) < 4.78 is 60.3. The number of benzene rings is 3. The molecule has 14 heteroatoms. The molecular weight excluding hydrogens is 858 g/mol. The van der Waals surface area contributed by atoms with Crippen LogP contribution in [0, 0.1) is 29.1 Å². The number of halogens is 3. The molecule has 5 aliphatic rings. The van der Waals surface area contributed by atoms with Crippen molar-refractivity contribution in [1.29, 1.82) is 5.26 Å². The zero-order valence-electron chi connectivity index (χ0n) is 38.5. The van der Waals surface area contributed by atoms with E-state index in [4.69, 9.17) is 14.2 Å². The average Bonchev–Trinajstić information content (AvgIpc) is 4.09. The van der Waals surface area contributed by atoms with Gasteiger partial charge < -0.3 is 24.8 Å². The molecule has 9 rings (SSSR count). The number of nitrogens with one attached hydrogen (secondary N) is 2. The van der Waals surface area contributed by atoms with Crippen molar-refractivity contribution in [3.63, 3.8) is 0 Å². The number of nitriles is 1. The molecule has 1 saturated carbocycles. The number of hydrogen-bond donors (Lipinski definition) is 2. The maximum absolute atomic E-state index is 14.3. The van der Waals surface area contributed by atoms with Gasteiger partial charge in [0.1, 0.15) is 30.8 Å². The number of rotatable bonds is 16. The van der Waals surface area contributed by atoms with Crippen molar-refractivity contribution in [3.8, 4) is 23.3 Å². The van der Waals surface area contributed by atoms with Gasteiger partial charge in [-0.2, -0.15) is 18.4 Å². The number of nitrogens with zero attached hydrogens (tertiary/aromatic N) is 4. The van der Waals surface area contributed by atoms with Gasteiger partial charge in [0.05, 0.1) is 42.0 Å². The molecule has 3 heterocycles. The van der Waals surface area contributed by atoms with E-state index in [0.717, 1.165) is 57.6 Å². The number of carbonyl (C=O) groups is 2. The second kappa shape index (κ2) is 19.2. The van der Waals surface area contributed by atoms with Crippen LogP contribution in [0.3, 0.4) is 0 Å². The third-order valence-corrected chi connectivity index (χ3v) is 14.5. The van der Waals surface area contributed by atoms with Crippen LogP contribution in [0.15, 0.2) is 78.0 Å². The molecule has 3 fully saturated rings. The molecule has 11 nitrogen and oxygen atoms in total. The fraction of sp³-hybridized carbons (Fsp3) is 0.434. The van der Waals surface area contributed by atoms with E-state index in [0.29, 0.717) is 54.4 Å². The van der Waals surface area contributed by atoms with Gasteiger partial charge in [0.25, 0.3) is 0 Å². The number of likely N-dealkylation sites (tertiary alicyclic amines) is 2. The molecule has 0 spiro atoms. The van der Waals surface area contributed by atoms with Crippen LogP contribution in [-0.4, -0.2) is 86.6 Å². The van der Waals surface area contributed by atoms with E-state index < -0.39 is 11.7 Å². The van der Waals surface area contributed by atoms with Gasteiger partial charge >= 0.3 is 6.18 Å². The van der Waals surface area contributed by atoms with Crippen molar-refractivity contribution < 1.29 is 37.0 Å². The number of alkyl halides is 3. The van der Waals surface area contributed by atoms with Crippen LogP contribution < -0.4 is 24.8 Å². The normalized spacial score (nSPS) is 19.7. The van der Waals surface area contributed by atoms with Crippen molar-refractivity contribution >= 4 is 23.0 Å². The fourth-order valence-electron chi connectivity index (χ4n) is 10.3. The van der Waals surface area contributed by atoms with Crippen LogP contribution in [0.1, 0.15) is 89.2 Å². The largest absolute Gasteiger partial charge is 0.494 e. The van der Waals surface area contributed by atoms with Crippen molar-refractivity contribution in [2.24, 2.45) is 17.8 Å². The topological polar surface area (TPSA) is 129 Å². The van der Waals surface area contributed by atoms with E-state index in [-0.39, 0.29) is 54.3 Å². The molecule has 4 aromatic rings. The molecule has 2 N–H and O–H groups in total. The van der Waals surface area contributed by atoms with Crippen LogP contribution in [0.2, 0.25) is 0 Å². The van der Waals surface area contributed by atoms with Crippen molar-refractivity contribution in [3.05, 3.63) is 128 Å². The number of aromatic nitrogens is 1. The summed E-state index contributed by atoms with van der Waals surface area (Å²) in [6.07, 6.45) is 1.22. The molecular formula is C53H57F3N6O5. The Morgan fingerprint density at radius 3 is 1.97 bits per heavy atom. The van der Waals surface area contributed by atoms with Gasteiger partial charge in [-0.3, -0.25) is 24.4 Å². The lowest BCUT2D eigenvalue weighted by atomic mass is 9.85. The fourth-order valence-corrected chi connectivity index (χ4v) is 10.3. The minimum Gasteiger partial charge on any atom is -0.494 e. The van der Waals surface area contributed by atoms with Crippen LogP contribution in [0.4, 0.5) is 13.2 Å². The quantitative estimate of drug-likeness (QED) is 0.115. The number of amides is 2. The maximum Gasteiger partial charge on any atom is 0.416 e. The Morgan fingerprint density at radius 2 is 1.40 bits per heavy atom. The summed E-state index contributed by atoms with van der Waals surface area (Å²) in [6, 6.07) is 20.3. The molecule has 3 aromatic carbocycles. The predicted octanol–water partition coefficient (Wildman–Crippen LogP) is 8.11. The third-order valence-electron chi connectivity index (χ3n) is 14.5. The number of fused-ring (bicyclic) bond motifs is 2. The van der Waals surface area contributed by atoms with E-state index in [2.05, 4.69) is 63.5 Å². The monoisotopic (exact) mass is 914 g/mol. The van der Waals surface area contributed by atoms with E-state index in [1.54, 1.807) is 19.2 Å². The first-order valence-corrected chi connectivity index (χ1v) is 23.2. The van der Waals surface area contributed by atoms with Crippen LogP contribution in [0.5, 0.6) is 17.2 Å². The molecule has 67 heavy (non-hydrogen) atoms. The minimum absolute atomic E-state index is 0.0416. The highest BCUT2D eigenvalue weighted by Gasteiger charge is 2.45. The standard InChI is InChI=1S/C53H57F3N6O5/c1-31-36(23-61-25-40(26-61)51(63)58-3)8-6-34-17-43(10-12-45(31)34)66-29-33-5-14-49(53(54,55)56)48(15-33)47-19-39(47)21-60-52(64)41-27-62(28-41)24-37-9-7-35-18-44(11-13-46(35)32(37)2)67-30-42-16-38(20-57)50(65-4)22-59-42/h5,10-18,22,39-41,47H,6-9,19,21,23-30H2,1-4H3,(H,58,63)(H,60,64). The SMILES string of the molecule is CNC(=O)C1CN(CC2=C(C)c3ccc(OCc4ccc(C(F)(F)F)c(C5CC5CNC(=O)C5CN(CC6=C(C)c7ccc(OCc8cc(C#N)c(OC)cn8)cc7CC6)C5)c4)cc3CC2)C1. The smallest absolute Gasteiger partial charge is 0.416 e. The average molecular weight is 915 g/mol. The Hall–Kier alpha value is -6.17. The Bertz CT molecular complexity index is 2680. The highest BCUT2D eigenvalue weighted by atomic mass is 19.4. The second-order valence-corrected chi connectivity index (χ2v) is 18.8. The van der Waals surface area contributed by atoms with E-state index in [1.807, 2.05) is 18.2 Å². The lowest BCUT2D eigenvalue weighted by Gasteiger charge is -2.39. The summed E-state index contributed by atoms with van der Waals surface area (Å²) in [5.41, 5.74) is 11.4. The van der Waals surface area contributed by atoms with Crippen LogP contribution >= 0.6 is 0 Å². The summed E-state index contributed by atoms with van der Waals surface area (Å²) >= 11 is 0. The molecule has 2 atom stereocenters. The highest BCUT2D eigenvalue weighted by molar-refractivity contribution is 5.81. The van der Waals surface area contributed by atoms with Gasteiger partial charge in [0.2, 0.25) is 11.8 Å². The molecule has 0 bridgehead atoms. The Balaban J connectivity index is 0.738. The van der Waals surface area contributed by atoms with Gasteiger partial charge in [-0.25, -0.2) is 0 Å². The molecule has 1 aromatic heterocycles. The maximum atomic E-state index is 14.3. The number of aryl methyl sites for hydroxylation is 2. The zero-order chi connectivity index (χ0) is 47.0. The number of methoxy groups -OCH3 is 1. The Morgan fingerprint density at radius 1 is 0.806 bits per heavy atom. The zero-order valence-corrected chi connectivity index (χ0v) is 38.5. The molecule has 2 aliphatic heterocycles. The van der Waals surface area contributed by atoms with Gasteiger partial charge in [0, 0.05) is 52.9 Å². The molecule has 3 aliphatic carbocycles. The molecule has 0 radical (unpaired) electrons. The first-order chi connectivity index (χ1) is 32.3. The summed E-state index contributed by atoms with van der Waals surface area (Å²) in [4.78, 5) is 34.1. The van der Waals surface area contributed by atoms with Gasteiger partial charge in [-0.05, 0) is 139 Å². The predicted molar refractivity (Wildman–Crippen MR) is 248 cm³/mol. The van der Waals surface area contributed by atoms with Gasteiger partial charge in [-0.15, -0.1) is 0 Å². The first-order valence-electron chi connectivity index (χ1n) is 23.2. The van der Waals surface area contributed by atoms with Crippen LogP contribution in [0.25, 0.3) is 11.1 Å². The number of carbonyl (C=O) groups excluding carboxylic acids is 2. The lowest BCUT2D eigenvalue weighted by molar-refractivity contribution is -0.138. The van der Waals surface area contributed by atoms with E-state index in [1.165, 1.54) is 70.0 Å². The minimum atomic E-state index is -4.49. The summed E-state index contributed by atoms with van der Waals surface area (Å²) in [5.74, 6) is 1.47. The van der Waals surface area contributed by atoms with Gasteiger partial charge in [-0.1, -0.05) is 35.4 Å². The summed E-state index contributed by atoms with van der Waals surface area (Å²) in [7, 11) is 3.18. The number of ether oxygens (including phenoxy) is 3. The van der Waals surface area contributed by atoms with Gasteiger partial charge in [0.15, 0.2) is 5.75 Å². The Labute approximate surface area is 390 Å². The van der Waals surface area contributed by atoms with Crippen molar-refractivity contribution in [2.45, 2.75) is 71.3 Å². The van der Waals surface area contributed by atoms with Crippen molar-refractivity contribution in [1.82, 2.24) is 25.4 Å². The van der Waals surface area contributed by atoms with Crippen molar-refractivity contribution in [2.75, 3.05) is 60.0 Å². The molecule has 350 valence electrons. The second-order valence-electron chi connectivity index (χ2n) is 18.8. The molecule has 2 saturated heterocycles. The first kappa shape index (κ1) is 46.0. The van der Waals surface area contributed by atoms with E-state index >= 15 is 0 Å². The number of pyridine rings is 1. The Kier molecular flexibility index (Phi) is 13.2. The summed E-state index contributed by atoms with van der Waals surface area (Å²) in [6.45, 7) is 9.51. The highest BCUT2D eigenvalue weighted by Crippen LogP contribution is 2.51. The number of allylic oxidation sites excluding steroid dienone is 2. The van der Waals surface area contributed by atoms with E-state index in [9.17, 15) is 28.0 Å².